The van der Waals surface area contributed by atoms with Crippen LogP contribution in [0.1, 0.15) is 55.6 Å². The van der Waals surface area contributed by atoms with E-state index in [-0.39, 0.29) is 11.1 Å². The SMILES string of the molecule is [C-]#[N+]C1=C(c2ccccc2)/C(=C(/C#N)c2c(F)c(F)nc(F)c2F)c2c(C#N)c3c(c(C#N)c21)C(C#N)=C(c1ccccc1)/C3=C(/[N+]#[C-])c1c(F)c(F)nc(F)c1F. The highest BCUT2D eigenvalue weighted by Crippen LogP contribution is 2.60. The average molecular weight is 779 g/mol. The molecule has 16 heteroatoms. The fourth-order valence-electron chi connectivity index (χ4n) is 7.07. The highest BCUT2D eigenvalue weighted by atomic mass is 19.2. The number of hydrogen-bond acceptors (Lipinski definition) is 6. The van der Waals surface area contributed by atoms with E-state index in [2.05, 4.69) is 19.7 Å². The number of hydrogen-bond donors (Lipinski definition) is 0. The summed E-state index contributed by atoms with van der Waals surface area (Å²) in [7, 11) is 0. The number of nitriles is 4. The van der Waals surface area contributed by atoms with Crippen molar-refractivity contribution in [1.29, 1.82) is 21.0 Å². The number of pyridine rings is 2. The molecule has 0 amide bonds. The van der Waals surface area contributed by atoms with Crippen LogP contribution in [0.25, 0.3) is 54.5 Å². The lowest BCUT2D eigenvalue weighted by molar-refractivity contribution is 0.404. The van der Waals surface area contributed by atoms with E-state index in [4.69, 9.17) is 13.1 Å². The van der Waals surface area contributed by atoms with Crippen LogP contribution in [0.2, 0.25) is 0 Å². The van der Waals surface area contributed by atoms with Gasteiger partial charge in [0, 0.05) is 16.7 Å². The summed E-state index contributed by atoms with van der Waals surface area (Å²) < 4.78 is 121. The van der Waals surface area contributed by atoms with Gasteiger partial charge in [-0.15, -0.1) is 0 Å². The van der Waals surface area contributed by atoms with Gasteiger partial charge in [0.2, 0.25) is 11.4 Å². The topological polar surface area (TPSA) is 130 Å². The molecule has 0 saturated carbocycles. The summed E-state index contributed by atoms with van der Waals surface area (Å²) in [4.78, 5) is 11.8. The van der Waals surface area contributed by atoms with Crippen LogP contribution in [0.15, 0.2) is 60.7 Å². The third kappa shape index (κ3) is 5.23. The molecule has 0 atom stereocenters. The molecule has 0 fully saturated rings. The number of aromatic nitrogens is 2. The molecule has 2 aliphatic carbocycles. The standard InChI is InChI=1S/C42H10F8N8/c1-55-37-24(18-11-7-4-8-12-18)26(22(16-54)30-33(43)39(47)57-40(48)34(30)44)28-21(15-53)27-25(20(14-52)29(28)37)19(13-51)23(17-9-5-3-6-10-17)31(27)38(56-2)32-35(45)41(49)58-42(50)36(32)46/h3-12H/b26-22+,38-31-. The second-order valence-corrected chi connectivity index (χ2v) is 12.0. The number of nitrogens with zero attached hydrogens (tertiary/aromatic N) is 8. The average Bonchev–Trinajstić information content (AvgIpc) is 3.75. The molecule has 0 bridgehead atoms. The quantitative estimate of drug-likeness (QED) is 0.0773. The minimum Gasteiger partial charge on any atom is -0.237 e. The Morgan fingerprint density at radius 3 is 1.41 bits per heavy atom. The van der Waals surface area contributed by atoms with Gasteiger partial charge in [0.25, 0.3) is 23.8 Å². The first-order valence-corrected chi connectivity index (χ1v) is 16.0. The Balaban J connectivity index is 1.83. The molecule has 0 saturated heterocycles. The lowest BCUT2D eigenvalue weighted by Gasteiger charge is -2.19. The summed E-state index contributed by atoms with van der Waals surface area (Å²) in [5.74, 6) is -17.4. The van der Waals surface area contributed by atoms with Gasteiger partial charge in [-0.1, -0.05) is 60.7 Å². The molecule has 2 aliphatic rings. The lowest BCUT2D eigenvalue weighted by atomic mass is 9.81. The largest absolute Gasteiger partial charge is 0.252 e. The highest BCUT2D eigenvalue weighted by molar-refractivity contribution is 6.35. The van der Waals surface area contributed by atoms with Crippen molar-refractivity contribution in [2.75, 3.05) is 0 Å². The maximum absolute atomic E-state index is 15.6. The molecule has 8 nitrogen and oxygen atoms in total. The van der Waals surface area contributed by atoms with Crippen LogP contribution in [-0.4, -0.2) is 9.97 Å². The Morgan fingerprint density at radius 1 is 0.534 bits per heavy atom. The van der Waals surface area contributed by atoms with Gasteiger partial charge >= 0.3 is 0 Å². The van der Waals surface area contributed by atoms with Crippen molar-refractivity contribution >= 4 is 44.8 Å². The Hall–Kier alpha value is -8.70. The predicted octanol–water partition coefficient (Wildman–Crippen LogP) is 9.80. The van der Waals surface area contributed by atoms with Crippen LogP contribution >= 0.6 is 0 Å². The van der Waals surface area contributed by atoms with Crippen LogP contribution in [0.3, 0.4) is 0 Å². The van der Waals surface area contributed by atoms with Gasteiger partial charge in [-0.05, 0) is 39.0 Å². The molecule has 7 rings (SSSR count). The third-order valence-electron chi connectivity index (χ3n) is 9.24. The van der Waals surface area contributed by atoms with Gasteiger partial charge in [-0.2, -0.15) is 48.6 Å². The monoisotopic (exact) mass is 778 g/mol. The zero-order chi connectivity index (χ0) is 41.7. The van der Waals surface area contributed by atoms with E-state index in [1.165, 1.54) is 66.7 Å². The first-order valence-electron chi connectivity index (χ1n) is 16.0. The van der Waals surface area contributed by atoms with Gasteiger partial charge < -0.3 is 0 Å². The van der Waals surface area contributed by atoms with Crippen LogP contribution in [0.5, 0.6) is 0 Å². The van der Waals surface area contributed by atoms with Crippen molar-refractivity contribution in [2.45, 2.75) is 0 Å². The smallest absolute Gasteiger partial charge is 0.237 e. The fraction of sp³-hybridized carbons (Fsp3) is 0. The van der Waals surface area contributed by atoms with Gasteiger partial charge in [0.15, 0.2) is 23.3 Å². The molecule has 0 N–H and O–H groups in total. The first-order chi connectivity index (χ1) is 27.9. The number of benzene rings is 3. The van der Waals surface area contributed by atoms with Crippen molar-refractivity contribution in [3.8, 4) is 24.3 Å². The molecule has 0 radical (unpaired) electrons. The van der Waals surface area contributed by atoms with Gasteiger partial charge in [0.05, 0.1) is 52.6 Å². The van der Waals surface area contributed by atoms with Crippen molar-refractivity contribution in [3.05, 3.63) is 186 Å². The van der Waals surface area contributed by atoms with E-state index < -0.39 is 136 Å². The minimum atomic E-state index is -2.19. The van der Waals surface area contributed by atoms with E-state index in [0.717, 1.165) is 0 Å². The first kappa shape index (κ1) is 37.6. The molecule has 3 aromatic carbocycles. The lowest BCUT2D eigenvalue weighted by Crippen LogP contribution is -2.09. The van der Waals surface area contributed by atoms with Gasteiger partial charge in [-0.3, -0.25) is 0 Å². The molecular weight excluding hydrogens is 769 g/mol. The number of allylic oxidation sites excluding steroid dienone is 6. The second-order valence-electron chi connectivity index (χ2n) is 12.0. The van der Waals surface area contributed by atoms with Crippen LogP contribution in [0, 0.1) is 106 Å². The van der Waals surface area contributed by atoms with Crippen LogP contribution in [-0.2, 0) is 0 Å². The van der Waals surface area contributed by atoms with Crippen molar-refractivity contribution in [3.63, 3.8) is 0 Å². The van der Waals surface area contributed by atoms with Crippen molar-refractivity contribution in [1.82, 2.24) is 9.97 Å². The van der Waals surface area contributed by atoms with Crippen molar-refractivity contribution < 1.29 is 35.1 Å². The second kappa shape index (κ2) is 14.2. The zero-order valence-electron chi connectivity index (χ0n) is 28.4. The summed E-state index contributed by atoms with van der Waals surface area (Å²) in [6.45, 7) is 16.4. The summed E-state index contributed by atoms with van der Waals surface area (Å²) in [5, 5.41) is 43.3. The minimum absolute atomic E-state index is 0.00133. The molecule has 274 valence electrons. The van der Waals surface area contributed by atoms with E-state index in [1.54, 1.807) is 6.07 Å². The summed E-state index contributed by atoms with van der Waals surface area (Å²) >= 11 is 0. The summed E-state index contributed by atoms with van der Waals surface area (Å²) in [6, 6.07) is 21.1. The normalized spacial score (nSPS) is 14.4. The fourth-order valence-corrected chi connectivity index (χ4v) is 7.07. The Kier molecular flexibility index (Phi) is 9.19. The number of fused-ring (bicyclic) bond motifs is 2. The van der Waals surface area contributed by atoms with Crippen LogP contribution in [0.4, 0.5) is 35.1 Å². The zero-order valence-corrected chi connectivity index (χ0v) is 28.4. The van der Waals surface area contributed by atoms with Gasteiger partial charge in [-0.25, -0.2) is 27.3 Å². The molecule has 2 heterocycles. The van der Waals surface area contributed by atoms with E-state index in [9.17, 15) is 38.6 Å². The Labute approximate surface area is 321 Å². The maximum atomic E-state index is 15.6. The Morgan fingerprint density at radius 2 is 0.983 bits per heavy atom. The van der Waals surface area contributed by atoms with E-state index in [1.807, 2.05) is 12.1 Å². The summed E-state index contributed by atoms with van der Waals surface area (Å²) in [6.07, 6.45) is 0. The van der Waals surface area contributed by atoms with E-state index in [0.29, 0.717) is 0 Å². The molecule has 58 heavy (non-hydrogen) atoms. The molecule has 5 aromatic rings. The molecule has 2 aromatic heterocycles. The predicted molar refractivity (Wildman–Crippen MR) is 189 cm³/mol. The van der Waals surface area contributed by atoms with Gasteiger partial charge in [0.1, 0.15) is 18.2 Å². The molecule has 0 unspecified atom stereocenters. The van der Waals surface area contributed by atoms with Crippen LogP contribution < -0.4 is 0 Å². The highest BCUT2D eigenvalue weighted by Gasteiger charge is 2.45. The molecular formula is C42H10F8N8. The molecule has 0 aliphatic heterocycles. The van der Waals surface area contributed by atoms with Crippen molar-refractivity contribution in [2.24, 2.45) is 0 Å². The Bertz CT molecular complexity index is 2890. The van der Waals surface area contributed by atoms with E-state index >= 15 is 17.6 Å². The molecule has 0 spiro atoms. The number of rotatable bonds is 4. The summed E-state index contributed by atoms with van der Waals surface area (Å²) in [5.41, 5.74) is -13.0. The maximum Gasteiger partial charge on any atom is 0.252 e. The number of halogens is 8. The third-order valence-corrected chi connectivity index (χ3v) is 9.24.